The second-order valence-electron chi connectivity index (χ2n) is 5.66. The monoisotopic (exact) mass is 476 g/mol. The van der Waals surface area contributed by atoms with Crippen LogP contribution in [0.1, 0.15) is 25.6 Å². The molecule has 1 heterocycles. The van der Waals surface area contributed by atoms with Gasteiger partial charge in [0.15, 0.2) is 0 Å². The number of methoxy groups -OCH3 is 1. The van der Waals surface area contributed by atoms with E-state index in [1.807, 2.05) is 0 Å². The lowest BCUT2D eigenvalue weighted by molar-refractivity contribution is -0.113. The highest BCUT2D eigenvalue weighted by Gasteiger charge is 2.26. The average Bonchev–Trinajstić information content (AvgIpc) is 2.98. The third kappa shape index (κ3) is 6.35. The summed E-state index contributed by atoms with van der Waals surface area (Å²) in [7, 11) is 1.48. The van der Waals surface area contributed by atoms with Gasteiger partial charge in [-0.05, 0) is 30.7 Å². The number of anilines is 1. The summed E-state index contributed by atoms with van der Waals surface area (Å²) in [6, 6.07) is 4.94. The molecular weight excluding hydrogens is 459 g/mol. The van der Waals surface area contributed by atoms with Gasteiger partial charge in [0.2, 0.25) is 5.91 Å². The number of nitrogens with two attached hydrogens (primary N) is 1. The van der Waals surface area contributed by atoms with Crippen LogP contribution in [0.15, 0.2) is 23.1 Å². The predicted octanol–water partition coefficient (Wildman–Crippen LogP) is 4.00. The molecule has 2 aromatic rings. The SMILES string of the molecule is COCCOC(=O)c1c(NC(=O)CSc2cc(Cl)ccc2Cl)sc(C(N)=O)c1C. The first-order chi connectivity index (χ1) is 13.7. The first-order valence-electron chi connectivity index (χ1n) is 8.21. The van der Waals surface area contributed by atoms with Crippen LogP contribution >= 0.6 is 46.3 Å². The number of hydrogen-bond acceptors (Lipinski definition) is 7. The Balaban J connectivity index is 2.16. The third-order valence-electron chi connectivity index (χ3n) is 3.60. The Hall–Kier alpha value is -1.78. The lowest BCUT2D eigenvalue weighted by Crippen LogP contribution is -2.17. The Morgan fingerprint density at radius 3 is 2.62 bits per heavy atom. The van der Waals surface area contributed by atoms with Crippen molar-refractivity contribution < 1.29 is 23.9 Å². The van der Waals surface area contributed by atoms with Gasteiger partial charge >= 0.3 is 5.97 Å². The van der Waals surface area contributed by atoms with Crippen molar-refractivity contribution in [1.82, 2.24) is 0 Å². The number of esters is 1. The van der Waals surface area contributed by atoms with Crippen LogP contribution in [0.5, 0.6) is 0 Å². The Bertz CT molecular complexity index is 933. The number of primary amides is 1. The minimum absolute atomic E-state index is 0.0150. The standard InChI is InChI=1S/C18H18Cl2N2O5S2/c1-9-14(18(25)27-6-5-26-2)17(29-15(9)16(21)24)22-13(23)8-28-12-7-10(19)3-4-11(12)20/h3-4,7H,5-6,8H2,1-2H3,(H2,21,24)(H,22,23). The number of carbonyl (C=O) groups is 3. The van der Waals surface area contributed by atoms with Crippen molar-refractivity contribution in [3.63, 3.8) is 0 Å². The van der Waals surface area contributed by atoms with E-state index in [0.29, 0.717) is 20.5 Å². The maximum atomic E-state index is 12.4. The highest BCUT2D eigenvalue weighted by Crippen LogP contribution is 2.34. The zero-order valence-electron chi connectivity index (χ0n) is 15.5. The molecule has 0 aliphatic carbocycles. The third-order valence-corrected chi connectivity index (χ3v) is 6.55. The van der Waals surface area contributed by atoms with Gasteiger partial charge in [-0.25, -0.2) is 4.79 Å². The van der Waals surface area contributed by atoms with Gasteiger partial charge in [-0.3, -0.25) is 9.59 Å². The maximum Gasteiger partial charge on any atom is 0.341 e. The highest BCUT2D eigenvalue weighted by molar-refractivity contribution is 8.00. The minimum Gasteiger partial charge on any atom is -0.460 e. The van der Waals surface area contributed by atoms with Crippen molar-refractivity contribution in [2.45, 2.75) is 11.8 Å². The molecule has 0 aliphatic rings. The lowest BCUT2D eigenvalue weighted by atomic mass is 10.1. The molecule has 7 nitrogen and oxygen atoms in total. The van der Waals surface area contributed by atoms with Gasteiger partial charge in [-0.2, -0.15) is 0 Å². The van der Waals surface area contributed by atoms with Crippen LogP contribution in [0.2, 0.25) is 10.0 Å². The number of thiophene rings is 1. The Labute approximate surface area is 185 Å². The van der Waals surface area contributed by atoms with Gasteiger partial charge in [0.25, 0.3) is 5.91 Å². The number of benzene rings is 1. The second kappa shape index (κ2) is 10.8. The number of nitrogens with one attached hydrogen (secondary N) is 1. The smallest absolute Gasteiger partial charge is 0.341 e. The van der Waals surface area contributed by atoms with Crippen molar-refractivity contribution in [2.75, 3.05) is 31.4 Å². The average molecular weight is 477 g/mol. The van der Waals surface area contributed by atoms with E-state index in [1.165, 1.54) is 18.9 Å². The van der Waals surface area contributed by atoms with Crippen LogP contribution in [0, 0.1) is 6.92 Å². The van der Waals surface area contributed by atoms with E-state index in [1.54, 1.807) is 25.1 Å². The molecule has 0 fully saturated rings. The maximum absolute atomic E-state index is 12.4. The van der Waals surface area contributed by atoms with Crippen molar-refractivity contribution in [3.05, 3.63) is 44.2 Å². The van der Waals surface area contributed by atoms with E-state index in [9.17, 15) is 14.4 Å². The van der Waals surface area contributed by atoms with E-state index in [0.717, 1.165) is 11.3 Å². The number of amides is 2. The molecule has 0 saturated heterocycles. The van der Waals surface area contributed by atoms with Crippen molar-refractivity contribution in [3.8, 4) is 0 Å². The van der Waals surface area contributed by atoms with Crippen molar-refractivity contribution in [2.24, 2.45) is 5.73 Å². The zero-order chi connectivity index (χ0) is 21.6. The Morgan fingerprint density at radius 2 is 1.97 bits per heavy atom. The number of carbonyl (C=O) groups excluding carboxylic acids is 3. The number of halogens is 2. The molecule has 156 valence electrons. The van der Waals surface area contributed by atoms with Gasteiger partial charge in [-0.1, -0.05) is 23.2 Å². The summed E-state index contributed by atoms with van der Waals surface area (Å²) < 4.78 is 9.97. The Kier molecular flexibility index (Phi) is 8.79. The molecule has 1 aromatic heterocycles. The van der Waals surface area contributed by atoms with Crippen molar-refractivity contribution in [1.29, 1.82) is 0 Å². The van der Waals surface area contributed by atoms with Crippen LogP contribution < -0.4 is 11.1 Å². The lowest BCUT2D eigenvalue weighted by Gasteiger charge is -2.08. The summed E-state index contributed by atoms with van der Waals surface area (Å²) in [6.45, 7) is 1.82. The first kappa shape index (κ1) is 23.5. The molecular formula is C18H18Cl2N2O5S2. The van der Waals surface area contributed by atoms with E-state index in [-0.39, 0.29) is 34.4 Å². The van der Waals surface area contributed by atoms with Crippen molar-refractivity contribution >= 4 is 69.1 Å². The van der Waals surface area contributed by atoms with Crippen LogP contribution in [0.25, 0.3) is 0 Å². The fraction of sp³-hybridized carbons (Fsp3) is 0.278. The molecule has 0 bridgehead atoms. The molecule has 0 radical (unpaired) electrons. The molecule has 2 rings (SSSR count). The number of hydrogen-bond donors (Lipinski definition) is 2. The molecule has 2 amide bonds. The second-order valence-corrected chi connectivity index (χ2v) is 8.55. The van der Waals surface area contributed by atoms with Crippen LogP contribution in [-0.2, 0) is 14.3 Å². The molecule has 29 heavy (non-hydrogen) atoms. The summed E-state index contributed by atoms with van der Waals surface area (Å²) in [5, 5.41) is 3.81. The molecule has 11 heteroatoms. The fourth-order valence-corrected chi connectivity index (χ4v) is 4.62. The summed E-state index contributed by atoms with van der Waals surface area (Å²) in [5.74, 6) is -1.75. The first-order valence-corrected chi connectivity index (χ1v) is 10.8. The predicted molar refractivity (Wildman–Crippen MR) is 116 cm³/mol. The minimum atomic E-state index is -0.695. The number of rotatable bonds is 9. The van der Waals surface area contributed by atoms with E-state index in [4.69, 9.17) is 38.4 Å². The van der Waals surface area contributed by atoms with Gasteiger partial charge in [0.05, 0.1) is 27.8 Å². The molecule has 0 aliphatic heterocycles. The zero-order valence-corrected chi connectivity index (χ0v) is 18.7. The molecule has 0 unspecified atom stereocenters. The van der Waals surface area contributed by atoms with E-state index < -0.39 is 17.8 Å². The molecule has 0 saturated carbocycles. The molecule has 0 spiro atoms. The van der Waals surface area contributed by atoms with Gasteiger partial charge in [0.1, 0.15) is 11.6 Å². The molecule has 0 atom stereocenters. The largest absolute Gasteiger partial charge is 0.460 e. The van der Waals surface area contributed by atoms with Gasteiger partial charge < -0.3 is 20.5 Å². The number of thioether (sulfide) groups is 1. The number of ether oxygens (including phenoxy) is 2. The topological polar surface area (TPSA) is 108 Å². The summed E-state index contributed by atoms with van der Waals surface area (Å²) in [6.07, 6.45) is 0. The Morgan fingerprint density at radius 1 is 1.24 bits per heavy atom. The van der Waals surface area contributed by atoms with Crippen LogP contribution in [-0.4, -0.2) is 43.9 Å². The molecule has 3 N–H and O–H groups in total. The summed E-state index contributed by atoms with van der Waals surface area (Å²) >= 11 is 14.1. The summed E-state index contributed by atoms with van der Waals surface area (Å²) in [5.41, 5.74) is 5.82. The van der Waals surface area contributed by atoms with E-state index in [2.05, 4.69) is 5.32 Å². The van der Waals surface area contributed by atoms with Gasteiger partial charge in [0, 0.05) is 17.0 Å². The normalized spacial score (nSPS) is 10.6. The highest BCUT2D eigenvalue weighted by atomic mass is 35.5. The van der Waals surface area contributed by atoms with Crippen LogP contribution in [0.3, 0.4) is 0 Å². The summed E-state index contributed by atoms with van der Waals surface area (Å²) in [4.78, 5) is 37.3. The fourth-order valence-electron chi connectivity index (χ4n) is 2.27. The van der Waals surface area contributed by atoms with Crippen LogP contribution in [0.4, 0.5) is 5.00 Å². The van der Waals surface area contributed by atoms with E-state index >= 15 is 0 Å². The van der Waals surface area contributed by atoms with Gasteiger partial charge in [-0.15, -0.1) is 23.1 Å². The molecule has 1 aromatic carbocycles. The quantitative estimate of drug-likeness (QED) is 0.321.